The van der Waals surface area contributed by atoms with E-state index >= 15 is 0 Å². The predicted molar refractivity (Wildman–Crippen MR) is 97.2 cm³/mol. The van der Waals surface area contributed by atoms with Gasteiger partial charge in [0.15, 0.2) is 0 Å². The van der Waals surface area contributed by atoms with Crippen LogP contribution in [-0.2, 0) is 0 Å². The quantitative estimate of drug-likeness (QED) is 0.443. The molecule has 0 fully saturated rings. The van der Waals surface area contributed by atoms with Crippen molar-refractivity contribution in [2.75, 3.05) is 0 Å². The molecule has 2 heterocycles. The van der Waals surface area contributed by atoms with Gasteiger partial charge in [0.1, 0.15) is 28.4 Å². The largest absolute Gasteiger partial charge is 0.457 e. The molecule has 4 rings (SSSR count). The van der Waals surface area contributed by atoms with Crippen LogP contribution >= 0.6 is 11.3 Å². The fourth-order valence-electron chi connectivity index (χ4n) is 2.51. The number of halogens is 1. The third kappa shape index (κ3) is 2.95. The average molecular weight is 346 g/mol. The molecule has 0 atom stereocenters. The Morgan fingerprint density at radius 1 is 1.08 bits per heavy atom. The minimum atomic E-state index is -0.348. The van der Waals surface area contributed by atoms with Gasteiger partial charge in [0.25, 0.3) is 0 Å². The van der Waals surface area contributed by atoms with Gasteiger partial charge in [0.05, 0.1) is 21.4 Å². The molecule has 0 radical (unpaired) electrons. The maximum atomic E-state index is 13.9. The molecule has 2 aromatic heterocycles. The Bertz CT molecular complexity index is 1100. The Morgan fingerprint density at radius 2 is 1.88 bits per heavy atom. The molecular weight excluding hydrogens is 335 g/mol. The molecule has 0 aliphatic rings. The number of nitriles is 1. The van der Waals surface area contributed by atoms with Gasteiger partial charge < -0.3 is 4.42 Å². The van der Waals surface area contributed by atoms with E-state index in [-0.39, 0.29) is 5.82 Å². The number of furan rings is 1. The van der Waals surface area contributed by atoms with Gasteiger partial charge in [-0.25, -0.2) is 9.37 Å². The molecule has 0 saturated carbocycles. The summed E-state index contributed by atoms with van der Waals surface area (Å²) in [5, 5.41) is 10.1. The maximum Gasteiger partial charge on any atom is 0.137 e. The van der Waals surface area contributed by atoms with Crippen LogP contribution in [0.15, 0.2) is 65.1 Å². The topological polar surface area (TPSA) is 49.8 Å². The number of fused-ring (bicyclic) bond motifs is 1. The minimum absolute atomic E-state index is 0.348. The Morgan fingerprint density at radius 3 is 2.68 bits per heavy atom. The summed E-state index contributed by atoms with van der Waals surface area (Å²) >= 11 is 1.45. The standard InChI is InChI=1S/C20H11FN2OS/c21-16-6-2-1-5-15(16)18-10-9-14(24-18)11-13(12-22)20-23-17-7-3-4-8-19(17)25-20/h1-11H/b13-11+. The highest BCUT2D eigenvalue weighted by molar-refractivity contribution is 7.19. The molecule has 4 aromatic rings. The highest BCUT2D eigenvalue weighted by Crippen LogP contribution is 2.30. The molecule has 120 valence electrons. The van der Waals surface area contributed by atoms with E-state index in [1.165, 1.54) is 17.4 Å². The van der Waals surface area contributed by atoms with Crippen molar-refractivity contribution in [1.82, 2.24) is 4.98 Å². The fourth-order valence-corrected chi connectivity index (χ4v) is 3.44. The van der Waals surface area contributed by atoms with Gasteiger partial charge >= 0.3 is 0 Å². The molecule has 0 N–H and O–H groups in total. The third-order valence-electron chi connectivity index (χ3n) is 3.70. The summed E-state index contributed by atoms with van der Waals surface area (Å²) in [4.78, 5) is 4.49. The summed E-state index contributed by atoms with van der Waals surface area (Å²) in [5.41, 5.74) is 1.66. The number of thiazole rings is 1. The minimum Gasteiger partial charge on any atom is -0.457 e. The van der Waals surface area contributed by atoms with Crippen LogP contribution in [0.4, 0.5) is 4.39 Å². The summed E-state index contributed by atoms with van der Waals surface area (Å²) in [7, 11) is 0. The number of hydrogen-bond donors (Lipinski definition) is 0. The van der Waals surface area contributed by atoms with Crippen LogP contribution in [-0.4, -0.2) is 4.98 Å². The zero-order valence-corrected chi connectivity index (χ0v) is 13.8. The number of aromatic nitrogens is 1. The van der Waals surface area contributed by atoms with E-state index in [1.54, 1.807) is 36.4 Å². The van der Waals surface area contributed by atoms with E-state index < -0.39 is 0 Å². The first-order chi connectivity index (χ1) is 12.2. The van der Waals surface area contributed by atoms with Crippen molar-refractivity contribution in [3.63, 3.8) is 0 Å². The Balaban J connectivity index is 1.72. The average Bonchev–Trinajstić information content (AvgIpc) is 3.26. The van der Waals surface area contributed by atoms with E-state index in [0.717, 1.165) is 10.2 Å². The molecule has 0 unspecified atom stereocenters. The van der Waals surface area contributed by atoms with Gasteiger partial charge in [-0.05, 0) is 36.4 Å². The van der Waals surface area contributed by atoms with E-state index in [2.05, 4.69) is 11.1 Å². The lowest BCUT2D eigenvalue weighted by molar-refractivity contribution is 0.561. The van der Waals surface area contributed by atoms with Crippen molar-refractivity contribution in [3.8, 4) is 17.4 Å². The molecule has 0 aliphatic carbocycles. The number of hydrogen-bond acceptors (Lipinski definition) is 4. The van der Waals surface area contributed by atoms with E-state index in [9.17, 15) is 9.65 Å². The van der Waals surface area contributed by atoms with Gasteiger partial charge in [-0.15, -0.1) is 11.3 Å². The molecule has 3 nitrogen and oxygen atoms in total. The summed E-state index contributed by atoms with van der Waals surface area (Å²) in [6, 6.07) is 19.7. The highest BCUT2D eigenvalue weighted by atomic mass is 32.1. The second kappa shape index (κ2) is 6.34. The number of nitrogens with zero attached hydrogens (tertiary/aromatic N) is 2. The summed E-state index contributed by atoms with van der Waals surface area (Å²) in [6.07, 6.45) is 1.63. The SMILES string of the molecule is N#C/C(=C\c1ccc(-c2ccccc2F)o1)c1nc2ccccc2s1. The van der Waals surface area contributed by atoms with E-state index in [0.29, 0.717) is 27.7 Å². The van der Waals surface area contributed by atoms with Crippen molar-refractivity contribution in [2.45, 2.75) is 0 Å². The molecule has 25 heavy (non-hydrogen) atoms. The monoisotopic (exact) mass is 346 g/mol. The van der Waals surface area contributed by atoms with Crippen LogP contribution in [0.5, 0.6) is 0 Å². The number of para-hydroxylation sites is 1. The molecule has 5 heteroatoms. The molecule has 0 saturated heterocycles. The Kier molecular flexibility index (Phi) is 3.88. The van der Waals surface area contributed by atoms with Gasteiger partial charge in [-0.1, -0.05) is 24.3 Å². The fraction of sp³-hybridized carbons (Fsp3) is 0. The van der Waals surface area contributed by atoms with Crippen molar-refractivity contribution >= 4 is 33.2 Å². The zero-order valence-electron chi connectivity index (χ0n) is 12.9. The smallest absolute Gasteiger partial charge is 0.137 e. The normalized spacial score (nSPS) is 11.6. The molecule has 2 aromatic carbocycles. The number of benzene rings is 2. The van der Waals surface area contributed by atoms with Gasteiger partial charge in [-0.2, -0.15) is 5.26 Å². The molecule has 0 bridgehead atoms. The van der Waals surface area contributed by atoms with Crippen molar-refractivity contribution in [3.05, 3.63) is 77.2 Å². The van der Waals surface area contributed by atoms with E-state index in [1.807, 2.05) is 24.3 Å². The zero-order chi connectivity index (χ0) is 17.2. The van der Waals surface area contributed by atoms with Crippen molar-refractivity contribution < 1.29 is 8.81 Å². The summed E-state index contributed by atoms with van der Waals surface area (Å²) < 4.78 is 20.6. The first kappa shape index (κ1) is 15.3. The van der Waals surface area contributed by atoms with E-state index in [4.69, 9.17) is 4.42 Å². The summed E-state index contributed by atoms with van der Waals surface area (Å²) in [5.74, 6) is 0.555. The molecule has 0 spiro atoms. The van der Waals surface area contributed by atoms with Gasteiger partial charge in [0, 0.05) is 6.08 Å². The molecule has 0 amide bonds. The predicted octanol–water partition coefficient (Wildman–Crippen LogP) is 5.76. The van der Waals surface area contributed by atoms with Crippen LogP contribution in [0.2, 0.25) is 0 Å². The van der Waals surface area contributed by atoms with Crippen LogP contribution < -0.4 is 0 Å². The lowest BCUT2D eigenvalue weighted by Gasteiger charge is -1.98. The maximum absolute atomic E-state index is 13.9. The molecule has 0 aliphatic heterocycles. The number of allylic oxidation sites excluding steroid dienone is 1. The van der Waals surface area contributed by atoms with Crippen LogP contribution in [0, 0.1) is 17.1 Å². The van der Waals surface area contributed by atoms with Crippen LogP contribution in [0.25, 0.3) is 33.2 Å². The van der Waals surface area contributed by atoms with Crippen molar-refractivity contribution in [2.24, 2.45) is 0 Å². The second-order valence-electron chi connectivity index (χ2n) is 5.34. The van der Waals surface area contributed by atoms with Gasteiger partial charge in [0.2, 0.25) is 0 Å². The van der Waals surface area contributed by atoms with Gasteiger partial charge in [-0.3, -0.25) is 0 Å². The Labute approximate surface area is 147 Å². The second-order valence-corrected chi connectivity index (χ2v) is 6.37. The third-order valence-corrected chi connectivity index (χ3v) is 4.77. The highest BCUT2D eigenvalue weighted by Gasteiger charge is 2.12. The molecular formula is C20H11FN2OS. The lowest BCUT2D eigenvalue weighted by atomic mass is 10.1. The summed E-state index contributed by atoms with van der Waals surface area (Å²) in [6.45, 7) is 0. The first-order valence-corrected chi connectivity index (χ1v) is 8.39. The number of rotatable bonds is 3. The van der Waals surface area contributed by atoms with Crippen LogP contribution in [0.1, 0.15) is 10.8 Å². The van der Waals surface area contributed by atoms with Crippen LogP contribution in [0.3, 0.4) is 0 Å². The first-order valence-electron chi connectivity index (χ1n) is 7.57. The Hall–Kier alpha value is -3.23. The lowest BCUT2D eigenvalue weighted by Crippen LogP contribution is -1.80. The van der Waals surface area contributed by atoms with Crippen molar-refractivity contribution in [1.29, 1.82) is 5.26 Å².